The molecule has 1 amide bonds. The number of carbonyl (C=O) groups excluding carboxylic acids is 1. The number of amides is 1. The van der Waals surface area contributed by atoms with Crippen LogP contribution in [0.3, 0.4) is 0 Å². The Labute approximate surface area is 160 Å². The Morgan fingerprint density at radius 2 is 2.11 bits per heavy atom. The van der Waals surface area contributed by atoms with E-state index < -0.39 is 10.8 Å². The Hall–Kier alpha value is -3.69. The number of benzene rings is 1. The third kappa shape index (κ3) is 3.56. The maximum absolute atomic E-state index is 12.7. The fourth-order valence-corrected chi connectivity index (χ4v) is 2.90. The van der Waals surface area contributed by atoms with Crippen LogP contribution < -0.4 is 10.1 Å². The lowest BCUT2D eigenvalue weighted by molar-refractivity contribution is -0.386. The topological polar surface area (TPSA) is 125 Å². The van der Waals surface area contributed by atoms with Crippen LogP contribution in [-0.2, 0) is 6.54 Å². The number of nitro groups is 1. The number of hydrogen-bond donors (Lipinski definition) is 1. The highest BCUT2D eigenvalue weighted by atomic mass is 16.6. The molecule has 0 saturated heterocycles. The van der Waals surface area contributed by atoms with Gasteiger partial charge in [0, 0.05) is 17.3 Å². The van der Waals surface area contributed by atoms with Gasteiger partial charge in [-0.15, -0.1) is 0 Å². The van der Waals surface area contributed by atoms with E-state index in [4.69, 9.17) is 9.26 Å². The van der Waals surface area contributed by atoms with E-state index in [9.17, 15) is 14.9 Å². The van der Waals surface area contributed by atoms with Crippen molar-refractivity contribution >= 4 is 17.3 Å². The zero-order chi connectivity index (χ0) is 20.4. The first-order chi connectivity index (χ1) is 13.3. The molecule has 28 heavy (non-hydrogen) atoms. The molecule has 2 aromatic heterocycles. The number of hydrogen-bond acceptors (Lipinski definition) is 7. The minimum absolute atomic E-state index is 0.0449. The molecule has 1 N–H and O–H groups in total. The number of carbonyl (C=O) groups is 1. The van der Waals surface area contributed by atoms with Crippen LogP contribution in [0.5, 0.6) is 5.75 Å². The van der Waals surface area contributed by atoms with Crippen molar-refractivity contribution < 1.29 is 19.0 Å². The molecule has 10 nitrogen and oxygen atoms in total. The molecule has 0 fully saturated rings. The lowest BCUT2D eigenvalue weighted by Gasteiger charge is -2.07. The average Bonchev–Trinajstić information content (AvgIpc) is 3.15. The van der Waals surface area contributed by atoms with Crippen molar-refractivity contribution in [2.45, 2.75) is 27.3 Å². The third-order valence-electron chi connectivity index (χ3n) is 4.36. The first kappa shape index (κ1) is 19.1. The maximum atomic E-state index is 12.7. The number of nitrogens with zero attached hydrogens (tertiary/aromatic N) is 4. The molecular formula is C18H19N5O5. The molecule has 10 heteroatoms. The van der Waals surface area contributed by atoms with Gasteiger partial charge < -0.3 is 14.6 Å². The molecule has 0 unspecified atom stereocenters. The summed E-state index contributed by atoms with van der Waals surface area (Å²) in [7, 11) is 1.54. The largest absolute Gasteiger partial charge is 0.497 e. The summed E-state index contributed by atoms with van der Waals surface area (Å²) in [4.78, 5) is 23.4. The van der Waals surface area contributed by atoms with Crippen LogP contribution in [0.4, 0.5) is 11.4 Å². The van der Waals surface area contributed by atoms with E-state index in [0.29, 0.717) is 34.1 Å². The number of anilines is 1. The minimum atomic E-state index is -0.467. The molecule has 0 spiro atoms. The highest BCUT2D eigenvalue weighted by Crippen LogP contribution is 2.25. The van der Waals surface area contributed by atoms with E-state index in [2.05, 4.69) is 15.6 Å². The number of aryl methyl sites for hydroxylation is 2. The van der Waals surface area contributed by atoms with Crippen LogP contribution in [-0.4, -0.2) is 32.9 Å². The van der Waals surface area contributed by atoms with E-state index in [0.717, 1.165) is 0 Å². The second-order valence-electron chi connectivity index (χ2n) is 6.19. The smallest absolute Gasteiger partial charge is 0.312 e. The van der Waals surface area contributed by atoms with Gasteiger partial charge in [0.15, 0.2) is 5.69 Å². The Bertz CT molecular complexity index is 1050. The molecule has 0 aliphatic heterocycles. The Balaban J connectivity index is 1.89. The van der Waals surface area contributed by atoms with Crippen LogP contribution in [0.2, 0.25) is 0 Å². The highest BCUT2D eigenvalue weighted by Gasteiger charge is 2.25. The Morgan fingerprint density at radius 1 is 1.36 bits per heavy atom. The molecule has 3 rings (SSSR count). The molecule has 0 bridgehead atoms. The molecule has 0 aliphatic carbocycles. The maximum Gasteiger partial charge on any atom is 0.312 e. The third-order valence-corrected chi connectivity index (χ3v) is 4.36. The van der Waals surface area contributed by atoms with Gasteiger partial charge in [0.1, 0.15) is 22.9 Å². The highest BCUT2D eigenvalue weighted by molar-refractivity contribution is 6.04. The molecule has 0 atom stereocenters. The number of aromatic nitrogens is 3. The monoisotopic (exact) mass is 385 g/mol. The number of nitrogens with one attached hydrogen (secondary N) is 1. The fraction of sp³-hybridized carbons (Fsp3) is 0.278. The van der Waals surface area contributed by atoms with Gasteiger partial charge in [-0.25, -0.2) is 0 Å². The van der Waals surface area contributed by atoms with Crippen LogP contribution in [0.1, 0.15) is 33.2 Å². The lowest BCUT2D eigenvalue weighted by atomic mass is 10.1. The van der Waals surface area contributed by atoms with Gasteiger partial charge in [-0.2, -0.15) is 5.10 Å². The molecule has 1 aromatic carbocycles. The van der Waals surface area contributed by atoms with Crippen molar-refractivity contribution in [3.8, 4) is 5.75 Å². The zero-order valence-corrected chi connectivity index (χ0v) is 15.8. The van der Waals surface area contributed by atoms with Gasteiger partial charge in [-0.05, 0) is 32.9 Å². The first-order valence-corrected chi connectivity index (χ1v) is 8.40. The summed E-state index contributed by atoms with van der Waals surface area (Å²) in [6.45, 7) is 4.97. The molecule has 0 radical (unpaired) electrons. The summed E-state index contributed by atoms with van der Waals surface area (Å²) in [5.41, 5.74) is 1.78. The summed E-state index contributed by atoms with van der Waals surface area (Å²) in [5, 5.41) is 22.0. The predicted octanol–water partition coefficient (Wildman–Crippen LogP) is 3.01. The number of ether oxygens (including phenoxy) is 1. The van der Waals surface area contributed by atoms with Crippen molar-refractivity contribution in [2.75, 3.05) is 12.4 Å². The molecule has 0 saturated carbocycles. The molecule has 2 heterocycles. The van der Waals surface area contributed by atoms with Crippen molar-refractivity contribution in [1.82, 2.24) is 14.9 Å². The van der Waals surface area contributed by atoms with Gasteiger partial charge in [0.05, 0.1) is 18.6 Å². The quantitative estimate of drug-likeness (QED) is 0.510. The van der Waals surface area contributed by atoms with Crippen LogP contribution >= 0.6 is 0 Å². The van der Waals surface area contributed by atoms with E-state index in [1.54, 1.807) is 45.0 Å². The number of methoxy groups -OCH3 is 1. The van der Waals surface area contributed by atoms with Gasteiger partial charge in [0.25, 0.3) is 5.91 Å². The van der Waals surface area contributed by atoms with E-state index >= 15 is 0 Å². The van der Waals surface area contributed by atoms with Gasteiger partial charge in [-0.1, -0.05) is 11.2 Å². The van der Waals surface area contributed by atoms with Gasteiger partial charge >= 0.3 is 5.69 Å². The van der Waals surface area contributed by atoms with E-state index in [1.807, 2.05) is 0 Å². The first-order valence-electron chi connectivity index (χ1n) is 8.40. The zero-order valence-electron chi connectivity index (χ0n) is 15.8. The van der Waals surface area contributed by atoms with Crippen LogP contribution in [0, 0.1) is 30.9 Å². The molecule has 0 aliphatic rings. The molecule has 3 aromatic rings. The summed E-state index contributed by atoms with van der Waals surface area (Å²) in [6, 6.07) is 6.90. The van der Waals surface area contributed by atoms with Gasteiger partial charge in [0.2, 0.25) is 0 Å². The lowest BCUT2D eigenvalue weighted by Crippen LogP contribution is -2.16. The summed E-state index contributed by atoms with van der Waals surface area (Å²) >= 11 is 0. The van der Waals surface area contributed by atoms with Gasteiger partial charge in [-0.3, -0.25) is 19.6 Å². The fourth-order valence-electron chi connectivity index (χ4n) is 2.90. The number of rotatable bonds is 6. The molecule has 146 valence electrons. The summed E-state index contributed by atoms with van der Waals surface area (Å²) in [5.74, 6) is 0.575. The summed E-state index contributed by atoms with van der Waals surface area (Å²) in [6.07, 6.45) is 0. The van der Waals surface area contributed by atoms with Crippen molar-refractivity contribution in [2.24, 2.45) is 0 Å². The Morgan fingerprint density at radius 3 is 2.75 bits per heavy atom. The SMILES string of the molecule is COc1cccc(NC(=O)c2noc(C)c2Cn2nc(C)c([N+](=O)[O-])c2C)c1. The summed E-state index contributed by atoms with van der Waals surface area (Å²) < 4.78 is 11.8. The van der Waals surface area contributed by atoms with Crippen LogP contribution in [0.25, 0.3) is 0 Å². The minimum Gasteiger partial charge on any atom is -0.497 e. The second-order valence-corrected chi connectivity index (χ2v) is 6.19. The normalized spacial score (nSPS) is 10.7. The van der Waals surface area contributed by atoms with Crippen molar-refractivity contribution in [3.63, 3.8) is 0 Å². The second kappa shape index (κ2) is 7.51. The Kier molecular flexibility index (Phi) is 5.12. The van der Waals surface area contributed by atoms with Crippen LogP contribution in [0.15, 0.2) is 28.8 Å². The van der Waals surface area contributed by atoms with Crippen molar-refractivity contribution in [3.05, 3.63) is 62.8 Å². The van der Waals surface area contributed by atoms with Crippen molar-refractivity contribution in [1.29, 1.82) is 0 Å². The predicted molar refractivity (Wildman–Crippen MR) is 99.6 cm³/mol. The van der Waals surface area contributed by atoms with E-state index in [-0.39, 0.29) is 17.9 Å². The molecular weight excluding hydrogens is 366 g/mol. The van der Waals surface area contributed by atoms with E-state index in [1.165, 1.54) is 11.8 Å². The standard InChI is InChI=1S/C18H19N5O5/c1-10-17(23(25)26)11(2)22(20-10)9-15-12(3)28-21-16(15)18(24)19-13-6-5-7-14(8-13)27-4/h5-8H,9H2,1-4H3,(H,19,24). The average molecular weight is 385 g/mol.